The largest absolute Gasteiger partial charge is 0.346 e. The van der Waals surface area contributed by atoms with Crippen molar-refractivity contribution in [3.05, 3.63) is 129 Å². The zero-order valence-electron chi connectivity index (χ0n) is 21.8. The molecule has 1 fully saturated rings. The number of hydrogen-bond donors (Lipinski definition) is 2. The van der Waals surface area contributed by atoms with Crippen molar-refractivity contribution < 1.29 is 17.6 Å². The summed E-state index contributed by atoms with van der Waals surface area (Å²) in [6, 6.07) is 23.8. The molecular weight excluding hydrogens is 586 g/mol. The van der Waals surface area contributed by atoms with Crippen LogP contribution in [-0.2, 0) is 16.6 Å². The molecule has 1 amide bonds. The highest BCUT2D eigenvalue weighted by Gasteiger charge is 2.36. The smallest absolute Gasteiger partial charge is 0.251 e. The van der Waals surface area contributed by atoms with E-state index in [-0.39, 0.29) is 35.5 Å². The monoisotopic (exact) mass is 612 g/mol. The summed E-state index contributed by atoms with van der Waals surface area (Å²) in [5.74, 6) is -1.54. The number of benzene rings is 3. The van der Waals surface area contributed by atoms with Gasteiger partial charge in [0.25, 0.3) is 5.91 Å². The van der Waals surface area contributed by atoms with Crippen molar-refractivity contribution in [2.75, 3.05) is 23.6 Å². The Kier molecular flexibility index (Phi) is 8.89. The van der Waals surface area contributed by atoms with Gasteiger partial charge >= 0.3 is 0 Å². The molecule has 0 saturated carbocycles. The Morgan fingerprint density at radius 1 is 0.951 bits per heavy atom. The molecular formula is C30H27Cl2FN4O3S. The van der Waals surface area contributed by atoms with Gasteiger partial charge < -0.3 is 5.32 Å². The first-order chi connectivity index (χ1) is 19.6. The number of likely N-dealkylation sites (tertiary alicyclic amines) is 1. The number of amides is 1. The summed E-state index contributed by atoms with van der Waals surface area (Å²) in [5.41, 5.74) is 2.70. The van der Waals surface area contributed by atoms with E-state index in [0.29, 0.717) is 28.8 Å². The van der Waals surface area contributed by atoms with E-state index in [1.54, 1.807) is 24.4 Å². The lowest BCUT2D eigenvalue weighted by molar-refractivity contribution is 0.0813. The summed E-state index contributed by atoms with van der Waals surface area (Å²) in [6.07, 6.45) is 1.60. The highest BCUT2D eigenvalue weighted by molar-refractivity contribution is 7.92. The number of aromatic nitrogens is 1. The molecule has 1 aromatic heterocycles. The van der Waals surface area contributed by atoms with Gasteiger partial charge in [0.1, 0.15) is 5.82 Å². The summed E-state index contributed by atoms with van der Waals surface area (Å²) in [5, 5.41) is 3.93. The zero-order valence-corrected chi connectivity index (χ0v) is 24.1. The maximum Gasteiger partial charge on any atom is 0.251 e. The average Bonchev–Trinajstić information content (AvgIpc) is 2.92. The normalized spacial score (nSPS) is 14.0. The van der Waals surface area contributed by atoms with Gasteiger partial charge in [-0.3, -0.25) is 19.4 Å². The molecule has 2 heterocycles. The Morgan fingerprint density at radius 2 is 1.59 bits per heavy atom. The standard InChI is InChI=1S/C30H27Cl2FN4O3S/c31-24-8-4-21(5-9-24)29(22-6-10-25(32)11-7-22)37-17-20(18-37)19-41(39,40)36-28-14-23(13-26(33)15-28)30(38)35-16-27-3-1-2-12-34-27/h1-15,20,29,36H,16-19H2,(H,35,38). The summed E-state index contributed by atoms with van der Waals surface area (Å²) in [4.78, 5) is 18.9. The molecule has 1 aliphatic heterocycles. The van der Waals surface area contributed by atoms with Crippen LogP contribution in [0.5, 0.6) is 0 Å². The van der Waals surface area contributed by atoms with E-state index in [4.69, 9.17) is 23.2 Å². The Morgan fingerprint density at radius 3 is 2.17 bits per heavy atom. The SMILES string of the molecule is O=C(NCc1ccccn1)c1cc(F)cc(NS(=O)(=O)CC2CN(C(c3ccc(Cl)cc3)c3ccc(Cl)cc3)C2)c1. The summed E-state index contributed by atoms with van der Waals surface area (Å²) >= 11 is 12.2. The fourth-order valence-electron chi connectivity index (χ4n) is 4.92. The van der Waals surface area contributed by atoms with E-state index in [1.807, 2.05) is 48.5 Å². The van der Waals surface area contributed by atoms with E-state index in [2.05, 4.69) is 19.9 Å². The molecule has 1 aliphatic rings. The van der Waals surface area contributed by atoms with E-state index in [0.717, 1.165) is 23.3 Å². The predicted molar refractivity (Wildman–Crippen MR) is 159 cm³/mol. The molecule has 1 saturated heterocycles. The molecule has 11 heteroatoms. The van der Waals surface area contributed by atoms with Crippen LogP contribution in [0.3, 0.4) is 0 Å². The Hall–Kier alpha value is -3.50. The number of nitrogens with zero attached hydrogens (tertiary/aromatic N) is 2. The first-order valence-electron chi connectivity index (χ1n) is 12.9. The number of anilines is 1. The minimum absolute atomic E-state index is 0.00206. The fourth-order valence-corrected chi connectivity index (χ4v) is 6.56. The summed E-state index contributed by atoms with van der Waals surface area (Å²) in [7, 11) is -3.82. The molecule has 0 atom stereocenters. The van der Waals surface area contributed by atoms with Crippen molar-refractivity contribution in [2.45, 2.75) is 12.6 Å². The van der Waals surface area contributed by atoms with Crippen LogP contribution in [-0.4, -0.2) is 43.1 Å². The van der Waals surface area contributed by atoms with Crippen molar-refractivity contribution in [1.29, 1.82) is 0 Å². The first-order valence-corrected chi connectivity index (χ1v) is 15.3. The third-order valence-electron chi connectivity index (χ3n) is 6.77. The molecule has 3 aromatic carbocycles. The number of sulfonamides is 1. The van der Waals surface area contributed by atoms with Crippen LogP contribution in [0.15, 0.2) is 91.1 Å². The Labute approximate surface area is 248 Å². The molecule has 0 unspecified atom stereocenters. The van der Waals surface area contributed by atoms with Crippen LogP contribution < -0.4 is 10.0 Å². The van der Waals surface area contributed by atoms with Crippen LogP contribution in [0.1, 0.15) is 33.2 Å². The highest BCUT2D eigenvalue weighted by atomic mass is 35.5. The van der Waals surface area contributed by atoms with Gasteiger partial charge in [0, 0.05) is 40.8 Å². The number of carbonyl (C=O) groups is 1. The number of hydrogen-bond acceptors (Lipinski definition) is 5. The summed E-state index contributed by atoms with van der Waals surface area (Å²) < 4.78 is 42.8. The van der Waals surface area contributed by atoms with Crippen molar-refractivity contribution in [3.63, 3.8) is 0 Å². The van der Waals surface area contributed by atoms with Gasteiger partial charge in [-0.05, 0) is 65.7 Å². The van der Waals surface area contributed by atoms with E-state index in [1.165, 1.54) is 6.07 Å². The molecule has 0 radical (unpaired) electrons. The van der Waals surface area contributed by atoms with Crippen molar-refractivity contribution >= 4 is 44.8 Å². The predicted octanol–water partition coefficient (Wildman–Crippen LogP) is 5.92. The molecule has 5 rings (SSSR count). The molecule has 212 valence electrons. The van der Waals surface area contributed by atoms with Crippen LogP contribution in [0.25, 0.3) is 0 Å². The van der Waals surface area contributed by atoms with Crippen LogP contribution in [0, 0.1) is 11.7 Å². The molecule has 7 nitrogen and oxygen atoms in total. The number of pyridine rings is 1. The van der Waals surface area contributed by atoms with Crippen LogP contribution >= 0.6 is 23.2 Å². The molecule has 2 N–H and O–H groups in total. The second-order valence-corrected chi connectivity index (χ2v) is 12.6. The second kappa shape index (κ2) is 12.6. The molecule has 4 aromatic rings. The molecule has 0 bridgehead atoms. The molecule has 0 aliphatic carbocycles. The minimum atomic E-state index is -3.82. The zero-order chi connectivity index (χ0) is 29.0. The maximum atomic E-state index is 14.3. The van der Waals surface area contributed by atoms with Crippen LogP contribution in [0.4, 0.5) is 10.1 Å². The van der Waals surface area contributed by atoms with Gasteiger partial charge in [-0.2, -0.15) is 0 Å². The number of nitrogens with one attached hydrogen (secondary N) is 2. The van der Waals surface area contributed by atoms with Gasteiger partial charge in [-0.15, -0.1) is 0 Å². The average molecular weight is 614 g/mol. The van der Waals surface area contributed by atoms with Gasteiger partial charge in [0.15, 0.2) is 0 Å². The summed E-state index contributed by atoms with van der Waals surface area (Å²) in [6.45, 7) is 1.24. The van der Waals surface area contributed by atoms with Gasteiger partial charge in [-0.25, -0.2) is 12.8 Å². The topological polar surface area (TPSA) is 91.4 Å². The fraction of sp³-hybridized carbons (Fsp3) is 0.200. The van der Waals surface area contributed by atoms with Crippen LogP contribution in [0.2, 0.25) is 10.0 Å². The Balaban J connectivity index is 1.22. The third kappa shape index (κ3) is 7.62. The number of halogens is 3. The van der Waals surface area contributed by atoms with Gasteiger partial charge in [-0.1, -0.05) is 53.5 Å². The van der Waals surface area contributed by atoms with Crippen molar-refractivity contribution in [3.8, 4) is 0 Å². The minimum Gasteiger partial charge on any atom is -0.346 e. The van der Waals surface area contributed by atoms with Crippen molar-refractivity contribution in [1.82, 2.24) is 15.2 Å². The molecule has 41 heavy (non-hydrogen) atoms. The van der Waals surface area contributed by atoms with Gasteiger partial charge in [0.2, 0.25) is 10.0 Å². The lowest BCUT2D eigenvalue weighted by Gasteiger charge is -2.44. The quantitative estimate of drug-likeness (QED) is 0.232. The maximum absolute atomic E-state index is 14.3. The van der Waals surface area contributed by atoms with E-state index in [9.17, 15) is 17.6 Å². The van der Waals surface area contributed by atoms with E-state index < -0.39 is 21.7 Å². The lowest BCUT2D eigenvalue weighted by atomic mass is 9.91. The Bertz CT molecular complexity index is 1570. The van der Waals surface area contributed by atoms with Gasteiger partial charge in [0.05, 0.1) is 29.7 Å². The van der Waals surface area contributed by atoms with E-state index >= 15 is 0 Å². The number of carbonyl (C=O) groups excluding carboxylic acids is 1. The lowest BCUT2D eigenvalue weighted by Crippen LogP contribution is -2.51. The third-order valence-corrected chi connectivity index (χ3v) is 8.73. The highest BCUT2D eigenvalue weighted by Crippen LogP contribution is 2.36. The first kappa shape index (κ1) is 29.0. The number of rotatable bonds is 10. The van der Waals surface area contributed by atoms with Crippen molar-refractivity contribution in [2.24, 2.45) is 5.92 Å². The molecule has 0 spiro atoms. The second-order valence-electron chi connectivity index (χ2n) is 9.94.